The second-order valence-corrected chi connectivity index (χ2v) is 8.75. The first-order valence-corrected chi connectivity index (χ1v) is 9.75. The molecular weight excluding hydrogens is 334 g/mol. The molecule has 0 unspecified atom stereocenters. The van der Waals surface area contributed by atoms with E-state index in [-0.39, 0.29) is 18.3 Å². The maximum atomic E-state index is 13.4. The fourth-order valence-corrected chi connectivity index (χ4v) is 4.09. The lowest BCUT2D eigenvalue weighted by Gasteiger charge is -2.42. The highest BCUT2D eigenvalue weighted by Gasteiger charge is 2.37. The van der Waals surface area contributed by atoms with Crippen LogP contribution >= 0.6 is 0 Å². The minimum absolute atomic E-state index is 0.00923. The second kappa shape index (κ2) is 7.34. The number of hydrogen-bond donors (Lipinski definition) is 0. The molecule has 0 bridgehead atoms. The molecule has 0 spiro atoms. The van der Waals surface area contributed by atoms with Gasteiger partial charge in [0.15, 0.2) is 0 Å². The zero-order valence-electron chi connectivity index (χ0n) is 16.5. The first-order chi connectivity index (χ1) is 12.2. The van der Waals surface area contributed by atoms with E-state index in [1.807, 2.05) is 0 Å². The highest BCUT2D eigenvalue weighted by atomic mass is 19.3. The Balaban J connectivity index is 1.63. The molecule has 0 N–H and O–H groups in total. The van der Waals surface area contributed by atoms with Crippen molar-refractivity contribution in [2.45, 2.75) is 63.8 Å². The topological polar surface area (TPSA) is 15.7 Å². The van der Waals surface area contributed by atoms with Crippen molar-refractivity contribution in [2.24, 2.45) is 0 Å². The lowest BCUT2D eigenvalue weighted by atomic mass is 9.86. The van der Waals surface area contributed by atoms with Gasteiger partial charge in [0, 0.05) is 45.1 Å². The molecule has 0 amide bonds. The van der Waals surface area contributed by atoms with Crippen molar-refractivity contribution in [2.75, 3.05) is 38.2 Å². The number of hydrogen-bond acceptors (Lipinski definition) is 3. The van der Waals surface area contributed by atoms with Gasteiger partial charge < -0.3 is 9.64 Å². The average molecular weight is 366 g/mol. The van der Waals surface area contributed by atoms with Crippen LogP contribution < -0.4 is 9.64 Å². The van der Waals surface area contributed by atoms with Crippen molar-refractivity contribution in [3.05, 3.63) is 23.8 Å². The summed E-state index contributed by atoms with van der Waals surface area (Å²) in [5.41, 5.74) is 2.50. The van der Waals surface area contributed by atoms with Gasteiger partial charge in [-0.25, -0.2) is 8.78 Å². The van der Waals surface area contributed by atoms with Crippen LogP contribution in [0, 0.1) is 0 Å². The Morgan fingerprint density at radius 2 is 1.65 bits per heavy atom. The molecule has 2 aliphatic rings. The van der Waals surface area contributed by atoms with Crippen LogP contribution in [0.25, 0.3) is 0 Å². The normalized spacial score (nSPS) is 22.5. The van der Waals surface area contributed by atoms with E-state index in [1.54, 1.807) is 7.11 Å². The third-order valence-corrected chi connectivity index (χ3v) is 5.90. The van der Waals surface area contributed by atoms with E-state index in [9.17, 15) is 8.78 Å². The summed E-state index contributed by atoms with van der Waals surface area (Å²) in [6.07, 6.45) is 2.07. The van der Waals surface area contributed by atoms with E-state index in [4.69, 9.17) is 4.74 Å². The van der Waals surface area contributed by atoms with Crippen LogP contribution in [0.2, 0.25) is 0 Å². The Hall–Kier alpha value is -1.36. The third kappa shape index (κ3) is 4.30. The summed E-state index contributed by atoms with van der Waals surface area (Å²) in [4.78, 5) is 4.65. The summed E-state index contributed by atoms with van der Waals surface area (Å²) in [7, 11) is 1.73. The SMILES string of the molecule is COc1cc(C(C)(C)C)ccc1N1CCC(N2CCC(F)(F)CC2)CC1. The van der Waals surface area contributed by atoms with E-state index >= 15 is 0 Å². The third-order valence-electron chi connectivity index (χ3n) is 5.90. The van der Waals surface area contributed by atoms with Gasteiger partial charge in [-0.3, -0.25) is 4.90 Å². The lowest BCUT2D eigenvalue weighted by Crippen LogP contribution is -2.49. The van der Waals surface area contributed by atoms with Crippen LogP contribution in [0.5, 0.6) is 5.75 Å². The summed E-state index contributed by atoms with van der Waals surface area (Å²) in [5.74, 6) is -1.53. The molecule has 0 saturated carbocycles. The number of nitrogens with zero attached hydrogens (tertiary/aromatic N) is 2. The van der Waals surface area contributed by atoms with Gasteiger partial charge in [0.05, 0.1) is 12.8 Å². The number of likely N-dealkylation sites (tertiary alicyclic amines) is 1. The quantitative estimate of drug-likeness (QED) is 0.772. The van der Waals surface area contributed by atoms with Crippen molar-refractivity contribution < 1.29 is 13.5 Å². The molecule has 0 atom stereocenters. The average Bonchev–Trinajstić information content (AvgIpc) is 2.60. The van der Waals surface area contributed by atoms with Crippen molar-refractivity contribution in [1.82, 2.24) is 4.90 Å². The Kier molecular flexibility index (Phi) is 5.48. The maximum Gasteiger partial charge on any atom is 0.250 e. The summed E-state index contributed by atoms with van der Waals surface area (Å²) in [5, 5.41) is 0. The number of alkyl halides is 2. The minimum atomic E-state index is -2.46. The molecule has 0 radical (unpaired) electrons. The Morgan fingerprint density at radius 1 is 1.04 bits per heavy atom. The van der Waals surface area contributed by atoms with Gasteiger partial charge in [-0.05, 0) is 36.0 Å². The number of halogens is 2. The Bertz CT molecular complexity index is 609. The molecule has 3 nitrogen and oxygen atoms in total. The number of benzene rings is 1. The molecule has 0 aromatic heterocycles. The monoisotopic (exact) mass is 366 g/mol. The van der Waals surface area contributed by atoms with E-state index in [0.717, 1.165) is 37.4 Å². The molecule has 2 saturated heterocycles. The van der Waals surface area contributed by atoms with Gasteiger partial charge in [0.2, 0.25) is 0 Å². The van der Waals surface area contributed by atoms with Gasteiger partial charge in [-0.1, -0.05) is 26.8 Å². The summed E-state index contributed by atoms with van der Waals surface area (Å²) in [6, 6.07) is 6.94. The van der Waals surface area contributed by atoms with Crippen LogP contribution in [0.4, 0.5) is 14.5 Å². The largest absolute Gasteiger partial charge is 0.495 e. The van der Waals surface area contributed by atoms with Gasteiger partial charge >= 0.3 is 0 Å². The van der Waals surface area contributed by atoms with Crippen molar-refractivity contribution in [3.63, 3.8) is 0 Å². The van der Waals surface area contributed by atoms with Crippen LogP contribution in [0.3, 0.4) is 0 Å². The van der Waals surface area contributed by atoms with E-state index in [1.165, 1.54) is 5.56 Å². The molecule has 2 aliphatic heterocycles. The molecule has 2 fully saturated rings. The van der Waals surface area contributed by atoms with Crippen molar-refractivity contribution in [1.29, 1.82) is 0 Å². The molecular formula is C21H32F2N2O. The second-order valence-electron chi connectivity index (χ2n) is 8.75. The van der Waals surface area contributed by atoms with Crippen LogP contribution in [-0.4, -0.2) is 50.2 Å². The molecule has 5 heteroatoms. The van der Waals surface area contributed by atoms with E-state index in [0.29, 0.717) is 19.1 Å². The van der Waals surface area contributed by atoms with E-state index in [2.05, 4.69) is 48.8 Å². The van der Waals surface area contributed by atoms with Gasteiger partial charge in [0.1, 0.15) is 5.75 Å². The minimum Gasteiger partial charge on any atom is -0.495 e. The van der Waals surface area contributed by atoms with Crippen molar-refractivity contribution >= 4 is 5.69 Å². The highest BCUT2D eigenvalue weighted by molar-refractivity contribution is 5.60. The molecule has 146 valence electrons. The number of piperidine rings is 2. The van der Waals surface area contributed by atoms with Crippen molar-refractivity contribution in [3.8, 4) is 5.75 Å². The lowest BCUT2D eigenvalue weighted by molar-refractivity contribution is -0.0646. The molecule has 3 rings (SSSR count). The fraction of sp³-hybridized carbons (Fsp3) is 0.714. The van der Waals surface area contributed by atoms with Gasteiger partial charge in [0.25, 0.3) is 5.92 Å². The summed E-state index contributed by atoms with van der Waals surface area (Å²) >= 11 is 0. The Labute approximate surface area is 156 Å². The maximum absolute atomic E-state index is 13.4. The number of anilines is 1. The summed E-state index contributed by atoms with van der Waals surface area (Å²) in [6.45, 7) is 9.56. The van der Waals surface area contributed by atoms with Gasteiger partial charge in [-0.2, -0.15) is 0 Å². The van der Waals surface area contributed by atoms with E-state index < -0.39 is 5.92 Å². The first-order valence-electron chi connectivity index (χ1n) is 9.75. The van der Waals surface area contributed by atoms with Crippen LogP contribution in [0.1, 0.15) is 52.0 Å². The zero-order chi connectivity index (χ0) is 18.9. The molecule has 26 heavy (non-hydrogen) atoms. The first kappa shape index (κ1) is 19.4. The zero-order valence-corrected chi connectivity index (χ0v) is 16.5. The smallest absolute Gasteiger partial charge is 0.250 e. The standard InChI is InChI=1S/C21H32F2N2O/c1-20(2,3)16-5-6-18(19(15-16)26-4)25-11-7-17(8-12-25)24-13-9-21(22,23)10-14-24/h5-6,15,17H,7-14H2,1-4H3. The highest BCUT2D eigenvalue weighted by Crippen LogP contribution is 2.36. The molecule has 2 heterocycles. The number of rotatable bonds is 3. The van der Waals surface area contributed by atoms with Gasteiger partial charge in [-0.15, -0.1) is 0 Å². The number of methoxy groups -OCH3 is 1. The van der Waals surface area contributed by atoms with Crippen LogP contribution in [-0.2, 0) is 5.41 Å². The molecule has 1 aromatic rings. The summed E-state index contributed by atoms with van der Waals surface area (Å²) < 4.78 is 32.4. The molecule has 1 aromatic carbocycles. The fourth-order valence-electron chi connectivity index (χ4n) is 4.09. The predicted molar refractivity (Wildman–Crippen MR) is 103 cm³/mol. The Morgan fingerprint density at radius 3 is 2.19 bits per heavy atom. The number of ether oxygens (including phenoxy) is 1. The predicted octanol–water partition coefficient (Wildman–Crippen LogP) is 4.69. The molecule has 0 aliphatic carbocycles. The van der Waals surface area contributed by atoms with Crippen LogP contribution in [0.15, 0.2) is 18.2 Å².